The van der Waals surface area contributed by atoms with Crippen LogP contribution in [0.3, 0.4) is 0 Å². The Bertz CT molecular complexity index is 1030. The molecule has 1 fully saturated rings. The van der Waals surface area contributed by atoms with Gasteiger partial charge in [-0.1, -0.05) is 5.11 Å². The highest BCUT2D eigenvalue weighted by Gasteiger charge is 2.36. The summed E-state index contributed by atoms with van der Waals surface area (Å²) in [5, 5.41) is 15.1. The molecule has 0 saturated carbocycles. The van der Waals surface area contributed by atoms with Gasteiger partial charge in [-0.25, -0.2) is 14.4 Å². The molecule has 0 N–H and O–H groups in total. The number of carbonyl (C=O) groups excluding carboxylic acids is 3. The predicted octanol–water partition coefficient (Wildman–Crippen LogP) is 2.90. The first-order valence-corrected chi connectivity index (χ1v) is 10.2. The number of nitro benzene ring substituents is 1. The summed E-state index contributed by atoms with van der Waals surface area (Å²) in [5.74, 6) is -1.84. The van der Waals surface area contributed by atoms with E-state index in [1.807, 2.05) is 0 Å². The zero-order chi connectivity index (χ0) is 25.6. The van der Waals surface area contributed by atoms with Gasteiger partial charge in [-0.2, -0.15) is 0 Å². The molecule has 0 aliphatic carbocycles. The lowest BCUT2D eigenvalue weighted by Gasteiger charge is -2.43. The minimum absolute atomic E-state index is 0.0685. The normalized spacial score (nSPS) is 15.7. The first kappa shape index (κ1) is 26.2. The van der Waals surface area contributed by atoms with E-state index in [1.165, 1.54) is 11.0 Å². The molecule has 184 valence electrons. The van der Waals surface area contributed by atoms with E-state index >= 15 is 0 Å². The van der Waals surface area contributed by atoms with E-state index in [9.17, 15) is 24.5 Å². The van der Waals surface area contributed by atoms with Gasteiger partial charge in [0, 0.05) is 37.2 Å². The van der Waals surface area contributed by atoms with Gasteiger partial charge in [0.05, 0.1) is 36.4 Å². The van der Waals surface area contributed by atoms with Crippen molar-refractivity contribution < 1.29 is 33.5 Å². The van der Waals surface area contributed by atoms with Crippen molar-refractivity contribution >= 4 is 29.4 Å². The third-order valence-electron chi connectivity index (χ3n) is 4.92. The topological polar surface area (TPSA) is 177 Å². The van der Waals surface area contributed by atoms with Crippen molar-refractivity contribution in [1.29, 1.82) is 0 Å². The van der Waals surface area contributed by atoms with Crippen LogP contribution in [0, 0.1) is 10.1 Å². The Morgan fingerprint density at radius 1 is 1.18 bits per heavy atom. The van der Waals surface area contributed by atoms with Crippen molar-refractivity contribution in [3.63, 3.8) is 0 Å². The van der Waals surface area contributed by atoms with Gasteiger partial charge < -0.3 is 24.0 Å². The smallest absolute Gasteiger partial charge is 0.410 e. The lowest BCUT2D eigenvalue weighted by atomic mass is 10.0. The van der Waals surface area contributed by atoms with Crippen LogP contribution >= 0.6 is 0 Å². The average Bonchev–Trinajstić information content (AvgIpc) is 2.79. The highest BCUT2D eigenvalue weighted by atomic mass is 16.6. The number of carbonyl (C=O) groups is 3. The van der Waals surface area contributed by atoms with Gasteiger partial charge in [-0.15, -0.1) is 0 Å². The van der Waals surface area contributed by atoms with Gasteiger partial charge in [0.15, 0.2) is 0 Å². The van der Waals surface area contributed by atoms with E-state index in [0.29, 0.717) is 0 Å². The van der Waals surface area contributed by atoms with Crippen LogP contribution in [-0.2, 0) is 14.2 Å². The molecule has 0 spiro atoms. The van der Waals surface area contributed by atoms with Crippen LogP contribution in [0.2, 0.25) is 0 Å². The fourth-order valence-electron chi connectivity index (χ4n) is 3.46. The standard InChI is InChI=1S/C20H26N6O8/c1-20(2,3)34-19(29)24-6-7-25(12(11-24)10-22-23-21)15-8-14(18(28)33-5)16(26(30)31)9-13(15)17(27)32-4/h8-9,12H,6-7,10-11H2,1-5H3. The Labute approximate surface area is 195 Å². The van der Waals surface area contributed by atoms with Crippen LogP contribution < -0.4 is 4.90 Å². The summed E-state index contributed by atoms with van der Waals surface area (Å²) in [6.07, 6.45) is -0.565. The second-order valence-corrected chi connectivity index (χ2v) is 8.31. The SMILES string of the molecule is COC(=O)c1cc([N+](=O)[O-])c(C(=O)OC)cc1N1CCN(C(=O)OC(C)(C)C)CC1CN=[N+]=[N-]. The molecule has 1 aromatic carbocycles. The first-order valence-electron chi connectivity index (χ1n) is 10.2. The molecule has 0 radical (unpaired) electrons. The number of ether oxygens (including phenoxy) is 3. The van der Waals surface area contributed by atoms with E-state index in [4.69, 9.17) is 15.0 Å². The molecule has 1 unspecified atom stereocenters. The zero-order valence-electron chi connectivity index (χ0n) is 19.5. The number of hydrogen-bond donors (Lipinski definition) is 0. The third-order valence-corrected chi connectivity index (χ3v) is 4.92. The van der Waals surface area contributed by atoms with Gasteiger partial charge in [-0.05, 0) is 32.4 Å². The Morgan fingerprint density at radius 2 is 1.79 bits per heavy atom. The van der Waals surface area contributed by atoms with Crippen LogP contribution in [0.25, 0.3) is 10.4 Å². The van der Waals surface area contributed by atoms with Crippen molar-refractivity contribution in [1.82, 2.24) is 4.90 Å². The maximum Gasteiger partial charge on any atom is 0.410 e. The number of rotatable bonds is 6. The molecule has 0 bridgehead atoms. The number of amides is 1. The maximum absolute atomic E-state index is 12.6. The van der Waals surface area contributed by atoms with Crippen LogP contribution in [-0.4, -0.2) is 79.9 Å². The number of nitrogens with zero attached hydrogens (tertiary/aromatic N) is 6. The lowest BCUT2D eigenvalue weighted by Crippen LogP contribution is -2.57. The van der Waals surface area contributed by atoms with Crippen molar-refractivity contribution in [3.05, 3.63) is 43.8 Å². The fraction of sp³-hybridized carbons (Fsp3) is 0.550. The molecule has 14 nitrogen and oxygen atoms in total. The summed E-state index contributed by atoms with van der Waals surface area (Å²) < 4.78 is 14.9. The van der Waals surface area contributed by atoms with E-state index in [2.05, 4.69) is 14.8 Å². The number of benzene rings is 1. The number of anilines is 1. The van der Waals surface area contributed by atoms with E-state index in [-0.39, 0.29) is 43.0 Å². The summed E-state index contributed by atoms with van der Waals surface area (Å²) in [6, 6.07) is 1.48. The maximum atomic E-state index is 12.6. The molecular formula is C20H26N6O8. The minimum atomic E-state index is -0.969. The van der Waals surface area contributed by atoms with Crippen LogP contribution in [0.5, 0.6) is 0 Å². The summed E-state index contributed by atoms with van der Waals surface area (Å²) >= 11 is 0. The molecule has 34 heavy (non-hydrogen) atoms. The largest absolute Gasteiger partial charge is 0.465 e. The van der Waals surface area contributed by atoms with Gasteiger partial charge in [0.2, 0.25) is 0 Å². The lowest BCUT2D eigenvalue weighted by molar-refractivity contribution is -0.385. The minimum Gasteiger partial charge on any atom is -0.465 e. The van der Waals surface area contributed by atoms with Crippen molar-refractivity contribution in [2.75, 3.05) is 45.3 Å². The number of nitro groups is 1. The van der Waals surface area contributed by atoms with E-state index in [0.717, 1.165) is 20.3 Å². The van der Waals surface area contributed by atoms with Crippen LogP contribution in [0.15, 0.2) is 17.2 Å². The van der Waals surface area contributed by atoms with Crippen molar-refractivity contribution in [2.45, 2.75) is 32.4 Å². The molecule has 1 aliphatic heterocycles. The molecule has 1 atom stereocenters. The van der Waals surface area contributed by atoms with E-state index < -0.39 is 40.3 Å². The Balaban J connectivity index is 2.58. The monoisotopic (exact) mass is 478 g/mol. The Hall–Kier alpha value is -4.06. The number of piperazine rings is 1. The number of hydrogen-bond acceptors (Lipinski definition) is 10. The molecule has 1 aromatic rings. The van der Waals surface area contributed by atoms with Gasteiger partial charge >= 0.3 is 18.0 Å². The van der Waals surface area contributed by atoms with Gasteiger partial charge in [0.1, 0.15) is 11.2 Å². The first-order chi connectivity index (χ1) is 15.9. The third kappa shape index (κ3) is 6.04. The second kappa shape index (κ2) is 10.7. The molecule has 2 rings (SSSR count). The summed E-state index contributed by atoms with van der Waals surface area (Å²) in [4.78, 5) is 53.9. The van der Waals surface area contributed by atoms with Crippen molar-refractivity contribution in [3.8, 4) is 0 Å². The van der Waals surface area contributed by atoms with Gasteiger partial charge in [0.25, 0.3) is 5.69 Å². The predicted molar refractivity (Wildman–Crippen MR) is 119 cm³/mol. The quantitative estimate of drug-likeness (QED) is 0.113. The van der Waals surface area contributed by atoms with Crippen molar-refractivity contribution in [2.24, 2.45) is 5.11 Å². The zero-order valence-corrected chi connectivity index (χ0v) is 19.5. The summed E-state index contributed by atoms with van der Waals surface area (Å²) in [7, 11) is 2.19. The Morgan fingerprint density at radius 3 is 2.32 bits per heavy atom. The number of esters is 2. The molecule has 1 saturated heterocycles. The van der Waals surface area contributed by atoms with Crippen LogP contribution in [0.1, 0.15) is 41.5 Å². The highest BCUT2D eigenvalue weighted by molar-refractivity contribution is 6.02. The summed E-state index contributed by atoms with van der Waals surface area (Å²) in [6.45, 7) is 5.48. The molecular weight excluding hydrogens is 452 g/mol. The number of azide groups is 1. The molecule has 0 aromatic heterocycles. The average molecular weight is 478 g/mol. The number of methoxy groups -OCH3 is 2. The van der Waals surface area contributed by atoms with Crippen LogP contribution in [0.4, 0.5) is 16.2 Å². The second-order valence-electron chi connectivity index (χ2n) is 8.31. The van der Waals surface area contributed by atoms with E-state index in [1.54, 1.807) is 25.7 Å². The fourth-order valence-corrected chi connectivity index (χ4v) is 3.46. The van der Waals surface area contributed by atoms with Gasteiger partial charge in [-0.3, -0.25) is 10.1 Å². The Kier molecular flexibility index (Phi) is 8.25. The molecule has 1 aliphatic rings. The summed E-state index contributed by atoms with van der Waals surface area (Å²) in [5.41, 5.74) is 7.08. The highest BCUT2D eigenvalue weighted by Crippen LogP contribution is 2.33. The molecule has 1 amide bonds. The molecule has 1 heterocycles. The molecule has 14 heteroatoms.